The Morgan fingerprint density at radius 3 is 2.78 bits per heavy atom. The molecule has 0 unspecified atom stereocenters. The Morgan fingerprint density at radius 2 is 2.04 bits per heavy atom. The second-order valence-electron chi connectivity index (χ2n) is 7.93. The molecule has 1 aromatic carbocycles. The quantitative estimate of drug-likeness (QED) is 0.888. The smallest absolute Gasteiger partial charge is 0.227 e. The van der Waals surface area contributed by atoms with E-state index in [4.69, 9.17) is 0 Å². The topological polar surface area (TPSA) is 62.3 Å². The van der Waals surface area contributed by atoms with Gasteiger partial charge in [-0.25, -0.2) is 0 Å². The Hall–Kier alpha value is -2.69. The number of carbonyl (C=O) groups excluding carboxylic acids is 2. The van der Waals surface area contributed by atoms with Crippen molar-refractivity contribution in [2.45, 2.75) is 32.7 Å². The Balaban J connectivity index is 1.28. The van der Waals surface area contributed by atoms with Crippen molar-refractivity contribution in [1.82, 2.24) is 15.2 Å². The summed E-state index contributed by atoms with van der Waals surface area (Å²) in [6, 6.07) is 11.9. The third kappa shape index (κ3) is 3.87. The van der Waals surface area contributed by atoms with Gasteiger partial charge in [-0.15, -0.1) is 0 Å². The molecule has 0 radical (unpaired) electrons. The van der Waals surface area contributed by atoms with E-state index in [1.165, 1.54) is 5.56 Å². The number of aryl methyl sites for hydroxylation is 1. The van der Waals surface area contributed by atoms with E-state index in [-0.39, 0.29) is 23.1 Å². The minimum Gasteiger partial charge on any atom is -0.352 e. The highest BCUT2D eigenvalue weighted by Crippen LogP contribution is 2.58. The van der Waals surface area contributed by atoms with Crippen molar-refractivity contribution in [3.63, 3.8) is 0 Å². The molecule has 2 amide bonds. The SMILES string of the molecule is Cc1ccc(CC(=O)N2CC[C@@]3(C[C@H]3C(=O)NCc3cccnc3)C2)cc1. The summed E-state index contributed by atoms with van der Waals surface area (Å²) in [6.45, 7) is 4.03. The largest absolute Gasteiger partial charge is 0.352 e. The molecule has 1 aromatic heterocycles. The van der Waals surface area contributed by atoms with E-state index in [0.717, 1.165) is 30.5 Å². The number of pyridine rings is 1. The van der Waals surface area contributed by atoms with Crippen LogP contribution in [0.3, 0.4) is 0 Å². The van der Waals surface area contributed by atoms with Crippen molar-refractivity contribution in [2.75, 3.05) is 13.1 Å². The van der Waals surface area contributed by atoms with Crippen LogP contribution in [0.4, 0.5) is 0 Å². The number of hydrogen-bond donors (Lipinski definition) is 1. The van der Waals surface area contributed by atoms with E-state index in [1.54, 1.807) is 12.4 Å². The lowest BCUT2D eigenvalue weighted by atomic mass is 10.0. The van der Waals surface area contributed by atoms with Crippen molar-refractivity contribution in [2.24, 2.45) is 11.3 Å². The molecule has 5 nitrogen and oxygen atoms in total. The van der Waals surface area contributed by atoms with Crippen LogP contribution in [0.25, 0.3) is 0 Å². The Bertz CT molecular complexity index is 834. The first kappa shape index (κ1) is 17.7. The number of hydrogen-bond acceptors (Lipinski definition) is 3. The van der Waals surface area contributed by atoms with Gasteiger partial charge in [-0.2, -0.15) is 0 Å². The van der Waals surface area contributed by atoms with Gasteiger partial charge in [-0.05, 0) is 37.0 Å². The first-order valence-electron chi connectivity index (χ1n) is 9.56. The van der Waals surface area contributed by atoms with E-state index >= 15 is 0 Å². The average Bonchev–Trinajstić information content (AvgIpc) is 3.22. The maximum absolute atomic E-state index is 12.6. The molecule has 1 saturated heterocycles. The van der Waals surface area contributed by atoms with Gasteiger partial charge in [0.1, 0.15) is 0 Å². The van der Waals surface area contributed by atoms with Crippen LogP contribution in [0.1, 0.15) is 29.5 Å². The lowest BCUT2D eigenvalue weighted by molar-refractivity contribution is -0.130. The molecule has 2 heterocycles. The molecule has 1 aliphatic heterocycles. The minimum atomic E-state index is 0.00194. The molecule has 140 valence electrons. The summed E-state index contributed by atoms with van der Waals surface area (Å²) in [4.78, 5) is 31.1. The molecule has 2 aromatic rings. The highest BCUT2D eigenvalue weighted by atomic mass is 16.2. The fraction of sp³-hybridized carbons (Fsp3) is 0.409. The van der Waals surface area contributed by atoms with Crippen molar-refractivity contribution in [3.8, 4) is 0 Å². The number of amides is 2. The lowest BCUT2D eigenvalue weighted by Gasteiger charge is -2.17. The number of benzene rings is 1. The molecule has 0 bridgehead atoms. The van der Waals surface area contributed by atoms with E-state index in [9.17, 15) is 9.59 Å². The third-order valence-electron chi connectivity index (χ3n) is 5.91. The summed E-state index contributed by atoms with van der Waals surface area (Å²) in [5, 5.41) is 3.02. The van der Waals surface area contributed by atoms with Gasteiger partial charge < -0.3 is 10.2 Å². The zero-order valence-corrected chi connectivity index (χ0v) is 15.6. The van der Waals surface area contributed by atoms with Crippen molar-refractivity contribution >= 4 is 11.8 Å². The van der Waals surface area contributed by atoms with Gasteiger partial charge in [0.05, 0.1) is 6.42 Å². The number of aromatic nitrogens is 1. The number of carbonyl (C=O) groups is 2. The van der Waals surface area contributed by atoms with Crippen molar-refractivity contribution in [3.05, 3.63) is 65.5 Å². The zero-order valence-electron chi connectivity index (χ0n) is 15.6. The van der Waals surface area contributed by atoms with Crippen molar-refractivity contribution < 1.29 is 9.59 Å². The minimum absolute atomic E-state index is 0.00194. The number of nitrogens with zero attached hydrogens (tertiary/aromatic N) is 2. The van der Waals surface area contributed by atoms with Crippen LogP contribution >= 0.6 is 0 Å². The molecule has 1 aliphatic carbocycles. The third-order valence-corrected chi connectivity index (χ3v) is 5.91. The molecule has 2 atom stereocenters. The molecule has 27 heavy (non-hydrogen) atoms. The zero-order chi connectivity index (χ0) is 18.9. The van der Waals surface area contributed by atoms with Gasteiger partial charge in [-0.3, -0.25) is 14.6 Å². The summed E-state index contributed by atoms with van der Waals surface area (Å²) < 4.78 is 0. The number of rotatable bonds is 5. The fourth-order valence-electron chi connectivity index (χ4n) is 4.09. The number of nitrogens with one attached hydrogen (secondary N) is 1. The number of likely N-dealkylation sites (tertiary alicyclic amines) is 1. The van der Waals surface area contributed by atoms with Gasteiger partial charge in [-0.1, -0.05) is 35.9 Å². The average molecular weight is 363 g/mol. The van der Waals surface area contributed by atoms with E-state index in [0.29, 0.717) is 19.5 Å². The molecule has 1 N–H and O–H groups in total. The van der Waals surface area contributed by atoms with Crippen molar-refractivity contribution in [1.29, 1.82) is 0 Å². The van der Waals surface area contributed by atoms with Gasteiger partial charge in [0, 0.05) is 43.4 Å². The maximum Gasteiger partial charge on any atom is 0.227 e. The van der Waals surface area contributed by atoms with Gasteiger partial charge in [0.25, 0.3) is 0 Å². The summed E-state index contributed by atoms with van der Waals surface area (Å²) in [5.74, 6) is 0.301. The Labute approximate surface area is 159 Å². The molecule has 4 rings (SSSR count). The van der Waals surface area contributed by atoms with Crippen LogP contribution in [0.2, 0.25) is 0 Å². The second kappa shape index (κ2) is 7.14. The lowest BCUT2D eigenvalue weighted by Crippen LogP contribution is -2.32. The normalized spacial score (nSPS) is 23.4. The van der Waals surface area contributed by atoms with Crippen LogP contribution in [-0.2, 0) is 22.6 Å². The first-order valence-corrected chi connectivity index (χ1v) is 9.56. The molecule has 2 aliphatic rings. The van der Waals surface area contributed by atoms with Crippen LogP contribution in [0, 0.1) is 18.3 Å². The van der Waals surface area contributed by atoms with E-state index in [1.807, 2.05) is 48.2 Å². The Morgan fingerprint density at radius 1 is 1.22 bits per heavy atom. The highest BCUT2D eigenvalue weighted by molar-refractivity contribution is 5.84. The standard InChI is InChI=1S/C22H25N3O2/c1-16-4-6-17(7-5-16)11-20(26)25-10-8-22(15-25)12-19(22)21(27)24-14-18-3-2-9-23-13-18/h2-7,9,13,19H,8,10-12,14-15H2,1H3,(H,24,27)/t19-,22+/m0/s1. The van der Waals surface area contributed by atoms with Crippen LogP contribution in [0.5, 0.6) is 0 Å². The molecule has 5 heteroatoms. The summed E-state index contributed by atoms with van der Waals surface area (Å²) in [7, 11) is 0. The summed E-state index contributed by atoms with van der Waals surface area (Å²) >= 11 is 0. The Kier molecular flexibility index (Phi) is 4.68. The predicted molar refractivity (Wildman–Crippen MR) is 103 cm³/mol. The van der Waals surface area contributed by atoms with Gasteiger partial charge in [0.2, 0.25) is 11.8 Å². The summed E-state index contributed by atoms with van der Waals surface area (Å²) in [6.07, 6.45) is 5.75. The molecule has 1 spiro atoms. The highest BCUT2D eigenvalue weighted by Gasteiger charge is 2.61. The van der Waals surface area contributed by atoms with Gasteiger partial charge >= 0.3 is 0 Å². The van der Waals surface area contributed by atoms with Crippen LogP contribution in [0.15, 0.2) is 48.8 Å². The molecule has 1 saturated carbocycles. The monoisotopic (exact) mass is 363 g/mol. The second-order valence-corrected chi connectivity index (χ2v) is 7.93. The maximum atomic E-state index is 12.6. The fourth-order valence-corrected chi connectivity index (χ4v) is 4.09. The molecular weight excluding hydrogens is 338 g/mol. The van der Waals surface area contributed by atoms with Gasteiger partial charge in [0.15, 0.2) is 0 Å². The molecule has 2 fully saturated rings. The first-order chi connectivity index (χ1) is 13.1. The van der Waals surface area contributed by atoms with E-state index < -0.39 is 0 Å². The van der Waals surface area contributed by atoms with Crippen LogP contribution < -0.4 is 5.32 Å². The molecular formula is C22H25N3O2. The van der Waals surface area contributed by atoms with Crippen LogP contribution in [-0.4, -0.2) is 34.8 Å². The van der Waals surface area contributed by atoms with E-state index in [2.05, 4.69) is 10.3 Å². The summed E-state index contributed by atoms with van der Waals surface area (Å²) in [5.41, 5.74) is 3.25. The predicted octanol–water partition coefficient (Wildman–Crippen LogP) is 2.49.